The van der Waals surface area contributed by atoms with E-state index in [1.807, 2.05) is 0 Å². The lowest BCUT2D eigenvalue weighted by Crippen LogP contribution is -2.40. The van der Waals surface area contributed by atoms with E-state index in [-0.39, 0.29) is 0 Å². The first-order valence-electron chi connectivity index (χ1n) is 4.35. The standard InChI is InChI=1S/C9H15N3/c1-6-4-5-7(2)12-9(6)10-8(3)11-12/h4-5,8-11H,1-3H3/t8-,9?/m1/s1. The molecule has 0 spiro atoms. The Labute approximate surface area is 73.1 Å². The zero-order valence-corrected chi connectivity index (χ0v) is 7.76. The Morgan fingerprint density at radius 2 is 2.08 bits per heavy atom. The molecule has 12 heavy (non-hydrogen) atoms. The second-order valence-electron chi connectivity index (χ2n) is 3.51. The summed E-state index contributed by atoms with van der Waals surface area (Å²) in [5.41, 5.74) is 5.97. The van der Waals surface area contributed by atoms with Crippen molar-refractivity contribution in [3.05, 3.63) is 23.4 Å². The van der Waals surface area contributed by atoms with Crippen LogP contribution in [0.5, 0.6) is 0 Å². The maximum absolute atomic E-state index is 3.44. The van der Waals surface area contributed by atoms with Crippen molar-refractivity contribution in [3.63, 3.8) is 0 Å². The monoisotopic (exact) mass is 165 g/mol. The van der Waals surface area contributed by atoms with Gasteiger partial charge in [0.1, 0.15) is 6.17 Å². The Hall–Kier alpha value is -0.800. The summed E-state index contributed by atoms with van der Waals surface area (Å²) in [6.07, 6.45) is 5.02. The highest BCUT2D eigenvalue weighted by Gasteiger charge is 2.30. The Kier molecular flexibility index (Phi) is 1.70. The molecule has 1 saturated heterocycles. The molecule has 0 amide bonds. The van der Waals surface area contributed by atoms with Gasteiger partial charge in [-0.3, -0.25) is 10.3 Å². The third kappa shape index (κ3) is 1.06. The minimum Gasteiger partial charge on any atom is -0.290 e. The smallest absolute Gasteiger partial charge is 0.118 e. The first kappa shape index (κ1) is 7.83. The largest absolute Gasteiger partial charge is 0.290 e. The van der Waals surface area contributed by atoms with Gasteiger partial charge in [-0.1, -0.05) is 6.08 Å². The van der Waals surface area contributed by atoms with Gasteiger partial charge < -0.3 is 0 Å². The average Bonchev–Trinajstić information content (AvgIpc) is 2.41. The van der Waals surface area contributed by atoms with Gasteiger partial charge in [0.05, 0.1) is 6.17 Å². The van der Waals surface area contributed by atoms with Gasteiger partial charge in [-0.05, 0) is 32.4 Å². The van der Waals surface area contributed by atoms with E-state index >= 15 is 0 Å². The summed E-state index contributed by atoms with van der Waals surface area (Å²) in [6, 6.07) is 0. The van der Waals surface area contributed by atoms with Crippen LogP contribution >= 0.6 is 0 Å². The molecule has 0 aliphatic carbocycles. The molecule has 0 saturated carbocycles. The molecular formula is C9H15N3. The van der Waals surface area contributed by atoms with Gasteiger partial charge in [0.25, 0.3) is 0 Å². The fraction of sp³-hybridized carbons (Fsp3) is 0.556. The van der Waals surface area contributed by atoms with Crippen LogP contribution in [0.2, 0.25) is 0 Å². The average molecular weight is 165 g/mol. The molecule has 2 N–H and O–H groups in total. The molecule has 1 fully saturated rings. The van der Waals surface area contributed by atoms with E-state index in [0.717, 1.165) is 0 Å². The van der Waals surface area contributed by atoms with Crippen molar-refractivity contribution in [1.82, 2.24) is 15.8 Å². The third-order valence-electron chi connectivity index (χ3n) is 2.40. The summed E-state index contributed by atoms with van der Waals surface area (Å²) in [6.45, 7) is 6.38. The maximum Gasteiger partial charge on any atom is 0.118 e. The van der Waals surface area contributed by atoms with E-state index in [2.05, 4.69) is 48.7 Å². The van der Waals surface area contributed by atoms with E-state index in [1.165, 1.54) is 11.3 Å². The van der Waals surface area contributed by atoms with Crippen molar-refractivity contribution in [2.75, 3.05) is 0 Å². The van der Waals surface area contributed by atoms with E-state index in [1.54, 1.807) is 0 Å². The molecule has 2 atom stereocenters. The third-order valence-corrected chi connectivity index (χ3v) is 2.40. The minimum absolute atomic E-state index is 0.352. The van der Waals surface area contributed by atoms with Crippen LogP contribution in [0.1, 0.15) is 20.8 Å². The second-order valence-corrected chi connectivity index (χ2v) is 3.51. The number of hydrogen-bond donors (Lipinski definition) is 2. The van der Waals surface area contributed by atoms with Crippen molar-refractivity contribution in [2.45, 2.75) is 33.1 Å². The molecule has 0 aromatic heterocycles. The first-order valence-corrected chi connectivity index (χ1v) is 4.35. The van der Waals surface area contributed by atoms with Crippen LogP contribution < -0.4 is 10.7 Å². The van der Waals surface area contributed by atoms with Crippen LogP contribution in [-0.4, -0.2) is 17.3 Å². The van der Waals surface area contributed by atoms with Crippen molar-refractivity contribution >= 4 is 0 Å². The number of hydrazine groups is 1. The van der Waals surface area contributed by atoms with Gasteiger partial charge in [-0.25, -0.2) is 5.43 Å². The Bertz CT molecular complexity index is 228. The summed E-state index contributed by atoms with van der Waals surface area (Å²) >= 11 is 0. The Morgan fingerprint density at radius 3 is 2.75 bits per heavy atom. The number of allylic oxidation sites excluding steroid dienone is 3. The van der Waals surface area contributed by atoms with E-state index in [9.17, 15) is 0 Å². The normalized spacial score (nSPS) is 34.4. The SMILES string of the molecule is CC1=CC=C(C)N2N[C@H](C)NC12. The number of fused-ring (bicyclic) bond motifs is 1. The molecular weight excluding hydrogens is 150 g/mol. The highest BCUT2D eigenvalue weighted by molar-refractivity contribution is 5.26. The molecule has 0 radical (unpaired) electrons. The van der Waals surface area contributed by atoms with Gasteiger partial charge in [0.2, 0.25) is 0 Å². The summed E-state index contributed by atoms with van der Waals surface area (Å²) in [7, 11) is 0. The van der Waals surface area contributed by atoms with E-state index < -0.39 is 0 Å². The van der Waals surface area contributed by atoms with Crippen molar-refractivity contribution < 1.29 is 0 Å². The molecule has 2 aliphatic heterocycles. The number of nitrogens with one attached hydrogen (secondary N) is 2. The minimum atomic E-state index is 0.352. The quantitative estimate of drug-likeness (QED) is 0.559. The lowest BCUT2D eigenvalue weighted by molar-refractivity contribution is 0.255. The van der Waals surface area contributed by atoms with Gasteiger partial charge in [0, 0.05) is 5.70 Å². The van der Waals surface area contributed by atoms with Crippen LogP contribution in [0.25, 0.3) is 0 Å². The Balaban J connectivity index is 2.27. The van der Waals surface area contributed by atoms with E-state index in [0.29, 0.717) is 12.3 Å². The number of rotatable bonds is 0. The molecule has 3 nitrogen and oxygen atoms in total. The van der Waals surface area contributed by atoms with Crippen LogP contribution in [0.15, 0.2) is 23.4 Å². The van der Waals surface area contributed by atoms with Crippen LogP contribution in [0.3, 0.4) is 0 Å². The number of hydrogen-bond acceptors (Lipinski definition) is 3. The fourth-order valence-corrected chi connectivity index (χ4v) is 1.70. The molecule has 0 aromatic rings. The van der Waals surface area contributed by atoms with Crippen LogP contribution in [0.4, 0.5) is 0 Å². The predicted molar refractivity (Wildman–Crippen MR) is 48.9 cm³/mol. The Morgan fingerprint density at radius 1 is 1.33 bits per heavy atom. The molecule has 66 valence electrons. The highest BCUT2D eigenvalue weighted by Crippen LogP contribution is 2.21. The molecule has 0 aromatic carbocycles. The van der Waals surface area contributed by atoms with Crippen LogP contribution in [-0.2, 0) is 0 Å². The molecule has 3 heteroatoms. The van der Waals surface area contributed by atoms with Crippen molar-refractivity contribution in [2.24, 2.45) is 0 Å². The maximum atomic E-state index is 3.44. The summed E-state index contributed by atoms with van der Waals surface area (Å²) < 4.78 is 0. The lowest BCUT2D eigenvalue weighted by Gasteiger charge is -2.29. The van der Waals surface area contributed by atoms with Gasteiger partial charge in [-0.15, -0.1) is 0 Å². The van der Waals surface area contributed by atoms with Gasteiger partial charge in [-0.2, -0.15) is 0 Å². The van der Waals surface area contributed by atoms with Crippen LogP contribution in [0, 0.1) is 0 Å². The predicted octanol–water partition coefficient (Wildman–Crippen LogP) is 0.932. The lowest BCUT2D eigenvalue weighted by atomic mass is 10.1. The molecule has 2 rings (SSSR count). The summed E-state index contributed by atoms with van der Waals surface area (Å²) in [4.78, 5) is 0. The zero-order valence-electron chi connectivity index (χ0n) is 7.76. The summed E-state index contributed by atoms with van der Waals surface area (Å²) in [5.74, 6) is 0. The fourth-order valence-electron chi connectivity index (χ4n) is 1.70. The summed E-state index contributed by atoms with van der Waals surface area (Å²) in [5, 5.41) is 5.62. The van der Waals surface area contributed by atoms with Crippen molar-refractivity contribution in [1.29, 1.82) is 0 Å². The zero-order chi connectivity index (χ0) is 8.72. The molecule has 1 unspecified atom stereocenters. The number of nitrogens with zero attached hydrogens (tertiary/aromatic N) is 1. The molecule has 0 bridgehead atoms. The van der Waals surface area contributed by atoms with Gasteiger partial charge in [0.15, 0.2) is 0 Å². The molecule has 2 heterocycles. The second kappa shape index (κ2) is 2.61. The van der Waals surface area contributed by atoms with Crippen molar-refractivity contribution in [3.8, 4) is 0 Å². The van der Waals surface area contributed by atoms with Gasteiger partial charge >= 0.3 is 0 Å². The van der Waals surface area contributed by atoms with E-state index in [4.69, 9.17) is 0 Å². The topological polar surface area (TPSA) is 27.3 Å². The highest BCUT2D eigenvalue weighted by atomic mass is 15.7. The first-order chi connectivity index (χ1) is 5.68. The molecule has 2 aliphatic rings.